The van der Waals surface area contributed by atoms with Crippen molar-refractivity contribution in [3.8, 4) is 0 Å². The van der Waals surface area contributed by atoms with Crippen LogP contribution >= 0.6 is 0 Å². The fourth-order valence-electron chi connectivity index (χ4n) is 6.37. The van der Waals surface area contributed by atoms with Gasteiger partial charge in [-0.25, -0.2) is 0 Å². The van der Waals surface area contributed by atoms with Crippen LogP contribution in [0.2, 0.25) is 0 Å². The number of anilines is 1. The Bertz CT molecular complexity index is 961. The first-order chi connectivity index (χ1) is 19.5. The fraction of sp³-hybridized carbons (Fsp3) is 0.568. The molecular weight excluding hydrogens is 486 g/mol. The van der Waals surface area contributed by atoms with E-state index in [1.807, 2.05) is 13.8 Å². The maximum absolute atomic E-state index is 4.38. The van der Waals surface area contributed by atoms with Gasteiger partial charge in [0.1, 0.15) is 0 Å². The standard InChI is InChI=1S/C22H29N.C9H18N2.C4H6.C2H6/c1-4-9-21(18-11-6-5-7-12-18)20-15-14-19-16(2)10-8-13-22(19)23-17(20)3;1-10-7-9(8-10)11-5-3-2-4-6-11;1-3-4-2;1-2/h4,8-10,13,18,23H,3,5-7,11-12,14-15H2,1-2H3;9H,2-8H2,1H3;3-4H,1-2H2;1-2H3/b9-4-,21-20+;;;. The molecule has 4 aliphatic rings. The highest BCUT2D eigenvalue weighted by Gasteiger charge is 2.29. The van der Waals surface area contributed by atoms with Crippen molar-refractivity contribution in [2.24, 2.45) is 5.92 Å². The zero-order chi connectivity index (χ0) is 29.3. The van der Waals surface area contributed by atoms with Crippen LogP contribution in [-0.4, -0.2) is 49.1 Å². The van der Waals surface area contributed by atoms with Crippen molar-refractivity contribution in [2.75, 3.05) is 38.5 Å². The second-order valence-corrected chi connectivity index (χ2v) is 11.4. The van der Waals surface area contributed by atoms with E-state index >= 15 is 0 Å². The summed E-state index contributed by atoms with van der Waals surface area (Å²) in [6.45, 7) is 24.8. The molecule has 2 saturated heterocycles. The molecule has 1 N–H and O–H groups in total. The van der Waals surface area contributed by atoms with E-state index in [1.54, 1.807) is 12.2 Å². The number of likely N-dealkylation sites (tertiary alicyclic amines) is 2. The molecule has 0 unspecified atom stereocenters. The maximum Gasteiger partial charge on any atom is 0.0419 e. The van der Waals surface area contributed by atoms with Crippen LogP contribution in [0.3, 0.4) is 0 Å². The third kappa shape index (κ3) is 10.2. The van der Waals surface area contributed by atoms with Gasteiger partial charge in [0.15, 0.2) is 0 Å². The summed E-state index contributed by atoms with van der Waals surface area (Å²) in [5.41, 5.74) is 8.17. The van der Waals surface area contributed by atoms with Crippen LogP contribution in [0.5, 0.6) is 0 Å². The summed E-state index contributed by atoms with van der Waals surface area (Å²) in [4.78, 5) is 5.07. The number of rotatable bonds is 4. The van der Waals surface area contributed by atoms with Crippen molar-refractivity contribution in [1.82, 2.24) is 9.80 Å². The van der Waals surface area contributed by atoms with Crippen molar-refractivity contribution in [3.63, 3.8) is 0 Å². The third-order valence-electron chi connectivity index (χ3n) is 8.54. The second-order valence-electron chi connectivity index (χ2n) is 11.4. The summed E-state index contributed by atoms with van der Waals surface area (Å²) in [5, 5.41) is 3.61. The first-order valence-corrected chi connectivity index (χ1v) is 16.0. The van der Waals surface area contributed by atoms with Crippen LogP contribution in [0.4, 0.5) is 5.69 Å². The number of hydrogen-bond acceptors (Lipinski definition) is 3. The molecule has 5 rings (SSSR count). The van der Waals surface area contributed by atoms with Crippen LogP contribution in [-0.2, 0) is 6.42 Å². The van der Waals surface area contributed by atoms with Gasteiger partial charge in [-0.2, -0.15) is 0 Å². The SMILES string of the molecule is C=C1Nc2cccc(C)c2CC/C1=C(/C=C\C)C1CCCCC1.C=CC=C.CC.CN1CC(N2CCCCC2)C1. The van der Waals surface area contributed by atoms with Gasteiger partial charge in [0, 0.05) is 30.5 Å². The maximum atomic E-state index is 4.38. The molecule has 0 spiro atoms. The molecule has 0 atom stereocenters. The Morgan fingerprint density at radius 1 is 0.925 bits per heavy atom. The van der Waals surface area contributed by atoms with Gasteiger partial charge in [0.2, 0.25) is 0 Å². The number of benzene rings is 1. The largest absolute Gasteiger partial charge is 0.356 e. The van der Waals surface area contributed by atoms with E-state index in [4.69, 9.17) is 0 Å². The van der Waals surface area contributed by atoms with E-state index in [2.05, 4.69) is 86.1 Å². The Morgan fingerprint density at radius 2 is 1.55 bits per heavy atom. The highest BCUT2D eigenvalue weighted by atomic mass is 15.3. The minimum Gasteiger partial charge on any atom is -0.356 e. The Morgan fingerprint density at radius 3 is 2.12 bits per heavy atom. The van der Waals surface area contributed by atoms with Gasteiger partial charge in [-0.15, -0.1) is 0 Å². The van der Waals surface area contributed by atoms with E-state index in [0.29, 0.717) is 0 Å². The minimum atomic E-state index is 0.718. The predicted octanol–water partition coefficient (Wildman–Crippen LogP) is 9.49. The van der Waals surface area contributed by atoms with Crippen LogP contribution in [0, 0.1) is 12.8 Å². The lowest BCUT2D eigenvalue weighted by Gasteiger charge is -2.45. The number of nitrogens with one attached hydrogen (secondary N) is 1. The number of hydrogen-bond donors (Lipinski definition) is 1. The third-order valence-corrected chi connectivity index (χ3v) is 8.54. The van der Waals surface area contributed by atoms with Gasteiger partial charge in [-0.3, -0.25) is 4.90 Å². The van der Waals surface area contributed by atoms with Crippen molar-refractivity contribution >= 4 is 5.69 Å². The van der Waals surface area contributed by atoms with Crippen LogP contribution in [0.15, 0.2) is 79.1 Å². The van der Waals surface area contributed by atoms with Crippen molar-refractivity contribution in [3.05, 3.63) is 90.2 Å². The van der Waals surface area contributed by atoms with Gasteiger partial charge in [0.05, 0.1) is 0 Å². The monoisotopic (exact) mass is 545 g/mol. The molecule has 222 valence electrons. The molecule has 0 amide bonds. The van der Waals surface area contributed by atoms with E-state index in [9.17, 15) is 0 Å². The van der Waals surface area contributed by atoms with Crippen molar-refractivity contribution in [2.45, 2.75) is 97.9 Å². The van der Waals surface area contributed by atoms with Crippen LogP contribution in [0.25, 0.3) is 0 Å². The van der Waals surface area contributed by atoms with E-state index < -0.39 is 0 Å². The predicted molar refractivity (Wildman–Crippen MR) is 179 cm³/mol. The highest BCUT2D eigenvalue weighted by molar-refractivity contribution is 5.63. The highest BCUT2D eigenvalue weighted by Crippen LogP contribution is 2.38. The Hall–Kier alpha value is -2.36. The summed E-state index contributed by atoms with van der Waals surface area (Å²) in [5.74, 6) is 0.718. The summed E-state index contributed by atoms with van der Waals surface area (Å²) in [7, 11) is 2.21. The molecule has 1 aliphatic carbocycles. The summed E-state index contributed by atoms with van der Waals surface area (Å²) in [6, 6.07) is 7.44. The second kappa shape index (κ2) is 18.9. The molecule has 40 heavy (non-hydrogen) atoms. The number of fused-ring (bicyclic) bond motifs is 1. The molecule has 0 aromatic heterocycles. The smallest absolute Gasteiger partial charge is 0.0419 e. The van der Waals surface area contributed by atoms with Crippen molar-refractivity contribution < 1.29 is 0 Å². The molecular formula is C37H59N3. The van der Waals surface area contributed by atoms with Gasteiger partial charge in [-0.05, 0) is 107 Å². The van der Waals surface area contributed by atoms with Gasteiger partial charge < -0.3 is 10.2 Å². The Labute approximate surface area is 247 Å². The lowest BCUT2D eigenvalue weighted by molar-refractivity contribution is 0.0401. The number of piperidine rings is 1. The quantitative estimate of drug-likeness (QED) is 0.380. The summed E-state index contributed by atoms with van der Waals surface area (Å²) < 4.78 is 0. The van der Waals surface area contributed by atoms with E-state index in [-0.39, 0.29) is 0 Å². The average Bonchev–Trinajstić information content (AvgIpc) is 3.15. The average molecular weight is 546 g/mol. The Kier molecular flexibility index (Phi) is 16.0. The number of likely N-dealkylation sites (N-methyl/N-ethyl adjacent to an activating group) is 1. The zero-order valence-corrected chi connectivity index (χ0v) is 26.6. The Balaban J connectivity index is 0.000000273. The molecule has 1 saturated carbocycles. The molecule has 0 radical (unpaired) electrons. The van der Waals surface area contributed by atoms with Crippen molar-refractivity contribution in [1.29, 1.82) is 0 Å². The summed E-state index contributed by atoms with van der Waals surface area (Å²) >= 11 is 0. The van der Waals surface area contributed by atoms with Crippen LogP contribution in [0.1, 0.15) is 89.7 Å². The lowest BCUT2D eigenvalue weighted by atomic mass is 9.80. The van der Waals surface area contributed by atoms with E-state index in [1.165, 1.54) is 106 Å². The first-order valence-electron chi connectivity index (χ1n) is 16.0. The molecule has 3 nitrogen and oxygen atoms in total. The molecule has 3 heterocycles. The lowest BCUT2D eigenvalue weighted by Crippen LogP contribution is -2.58. The van der Waals surface area contributed by atoms with Crippen LogP contribution < -0.4 is 5.32 Å². The topological polar surface area (TPSA) is 18.5 Å². The molecule has 1 aromatic rings. The van der Waals surface area contributed by atoms with E-state index in [0.717, 1.165) is 30.5 Å². The molecule has 3 heteroatoms. The van der Waals surface area contributed by atoms with Gasteiger partial charge in [0.25, 0.3) is 0 Å². The van der Waals surface area contributed by atoms with Gasteiger partial charge >= 0.3 is 0 Å². The van der Waals surface area contributed by atoms with Gasteiger partial charge in [-0.1, -0.05) is 95.7 Å². The zero-order valence-electron chi connectivity index (χ0n) is 26.6. The number of allylic oxidation sites excluding steroid dienone is 6. The number of nitrogens with zero attached hydrogens (tertiary/aromatic N) is 2. The molecule has 3 aliphatic heterocycles. The molecule has 3 fully saturated rings. The molecule has 1 aromatic carbocycles. The summed E-state index contributed by atoms with van der Waals surface area (Å²) in [6.07, 6.45) is 21.2. The fourth-order valence-corrected chi connectivity index (χ4v) is 6.37. The first kappa shape index (κ1) is 33.8. The molecule has 0 bridgehead atoms. The number of aryl methyl sites for hydroxylation is 1. The minimum absolute atomic E-state index is 0.718. The normalized spacial score (nSPS) is 21.5.